The summed E-state index contributed by atoms with van der Waals surface area (Å²) >= 11 is 1.41. The summed E-state index contributed by atoms with van der Waals surface area (Å²) in [4.78, 5) is 54.1. The summed E-state index contributed by atoms with van der Waals surface area (Å²) in [6, 6.07) is 6.95. The summed E-state index contributed by atoms with van der Waals surface area (Å²) in [5, 5.41) is 42.3. The minimum atomic E-state index is -1.16. The second-order valence-electron chi connectivity index (χ2n) is 11.7. The van der Waals surface area contributed by atoms with E-state index in [-0.39, 0.29) is 58.5 Å². The Hall–Kier alpha value is -3.94. The number of amides is 2. The molecule has 5 rings (SSSR count). The predicted molar refractivity (Wildman–Crippen MR) is 159 cm³/mol. The largest absolute Gasteiger partial charge is 0.504 e. The van der Waals surface area contributed by atoms with Crippen molar-refractivity contribution in [3.8, 4) is 11.5 Å². The Kier molecular flexibility index (Phi) is 9.00. The van der Waals surface area contributed by atoms with Crippen LogP contribution in [0.5, 0.6) is 11.5 Å². The number of carboxylic acid groups (broad SMARTS) is 1. The van der Waals surface area contributed by atoms with Gasteiger partial charge in [-0.25, -0.2) is 4.79 Å². The lowest BCUT2D eigenvalue weighted by molar-refractivity contribution is -0.683. The standard InChI is InChI=1S/C31H36N4O8S/c1-16-26-25(17(2)36)30(41)35(26)27(31(42)43)28(16)44-20-13-21(32-14-20)29(40)33(3)9-6-18-7-10-34(11-8-18)15-24(39)19-4-5-22(37)23(38)12-19/h4-5,7-8,10-12,16-17,20-21,25-26,32,36H,6,9,13-15H2,1-3H3,(H2-,37,38,39,42,43)/p+1/t16-,17?,20?,21?,25+,26+/m0/s1. The zero-order chi connectivity index (χ0) is 31.9. The minimum Gasteiger partial charge on any atom is -0.504 e. The molecule has 4 heterocycles. The molecule has 0 spiro atoms. The molecule has 3 unspecified atom stereocenters. The van der Waals surface area contributed by atoms with Gasteiger partial charge in [-0.2, -0.15) is 4.57 Å². The van der Waals surface area contributed by atoms with Crippen LogP contribution in [0.25, 0.3) is 0 Å². The quantitative estimate of drug-likeness (QED) is 0.105. The number of phenolic OH excluding ortho intramolecular Hbond substituents is 2. The lowest BCUT2D eigenvalue weighted by Crippen LogP contribution is -2.63. The molecule has 234 valence electrons. The van der Waals surface area contributed by atoms with Crippen molar-refractivity contribution in [1.82, 2.24) is 15.1 Å². The molecule has 1 aromatic carbocycles. The molecule has 3 aliphatic rings. The fraction of sp³-hybridized carbons (Fsp3) is 0.452. The number of carbonyl (C=O) groups is 4. The number of carbonyl (C=O) groups excluding carboxylic acids is 3. The number of aromatic hydroxyl groups is 2. The topological polar surface area (TPSA) is 172 Å². The van der Waals surface area contributed by atoms with E-state index in [0.29, 0.717) is 36.4 Å². The number of pyridine rings is 1. The molecule has 2 saturated heterocycles. The zero-order valence-electron chi connectivity index (χ0n) is 24.7. The van der Waals surface area contributed by atoms with Gasteiger partial charge in [0.15, 0.2) is 23.9 Å². The second kappa shape index (κ2) is 12.6. The van der Waals surface area contributed by atoms with Gasteiger partial charge in [-0.15, -0.1) is 11.8 Å². The van der Waals surface area contributed by atoms with Crippen molar-refractivity contribution < 1.29 is 44.2 Å². The summed E-state index contributed by atoms with van der Waals surface area (Å²) < 4.78 is 1.71. The van der Waals surface area contributed by atoms with Gasteiger partial charge >= 0.3 is 5.97 Å². The maximum absolute atomic E-state index is 13.2. The van der Waals surface area contributed by atoms with Crippen LogP contribution in [-0.2, 0) is 27.3 Å². The first-order chi connectivity index (χ1) is 20.9. The van der Waals surface area contributed by atoms with Crippen molar-refractivity contribution in [1.29, 1.82) is 0 Å². The van der Waals surface area contributed by atoms with Gasteiger partial charge in [0, 0.05) is 53.9 Å². The Bertz CT molecular complexity index is 1510. The van der Waals surface area contributed by atoms with Crippen molar-refractivity contribution in [2.45, 2.75) is 56.7 Å². The molecule has 44 heavy (non-hydrogen) atoms. The normalized spacial score (nSPS) is 25.0. The minimum absolute atomic E-state index is 0.00510. The van der Waals surface area contributed by atoms with Crippen LogP contribution in [0, 0.1) is 11.8 Å². The van der Waals surface area contributed by atoms with Crippen molar-refractivity contribution in [2.24, 2.45) is 11.8 Å². The monoisotopic (exact) mass is 625 g/mol. The SMILES string of the molecule is CC(O)[C@H]1C(=O)N2C(C(=O)O)=C(SC3CNC(C(=O)N(C)CCc4cc[n+](CC(=O)c5ccc(O)c(O)c5)cc4)C3)[C@@H](C)[C@H]12. The molecule has 1 aromatic heterocycles. The third kappa shape index (κ3) is 6.04. The fourth-order valence-corrected chi connectivity index (χ4v) is 7.71. The van der Waals surface area contributed by atoms with Gasteiger partial charge in [-0.05, 0) is 43.5 Å². The third-order valence-corrected chi connectivity index (χ3v) is 10.2. The number of thioether (sulfide) groups is 1. The molecule has 12 nitrogen and oxygen atoms in total. The van der Waals surface area contributed by atoms with E-state index in [4.69, 9.17) is 0 Å². The Morgan fingerprint density at radius 2 is 1.86 bits per heavy atom. The maximum Gasteiger partial charge on any atom is 0.353 e. The first-order valence-electron chi connectivity index (χ1n) is 14.5. The van der Waals surface area contributed by atoms with Crippen LogP contribution < -0.4 is 9.88 Å². The van der Waals surface area contributed by atoms with Crippen LogP contribution in [0.2, 0.25) is 0 Å². The predicted octanol–water partition coefficient (Wildman–Crippen LogP) is 0.887. The van der Waals surface area contributed by atoms with Crippen molar-refractivity contribution in [3.05, 3.63) is 64.5 Å². The summed E-state index contributed by atoms with van der Waals surface area (Å²) in [6.07, 6.45) is 3.83. The number of β-lactam (4-membered cyclic amide) rings is 1. The highest BCUT2D eigenvalue weighted by atomic mass is 32.2. The number of rotatable bonds is 11. The van der Waals surface area contributed by atoms with Gasteiger partial charge in [0.2, 0.25) is 24.1 Å². The Morgan fingerprint density at radius 1 is 1.16 bits per heavy atom. The molecule has 0 bridgehead atoms. The number of hydrogen-bond donors (Lipinski definition) is 5. The highest BCUT2D eigenvalue weighted by Gasteiger charge is 2.60. The Morgan fingerprint density at radius 3 is 2.50 bits per heavy atom. The molecule has 13 heteroatoms. The lowest BCUT2D eigenvalue weighted by atomic mass is 9.79. The van der Waals surface area contributed by atoms with Gasteiger partial charge in [0.25, 0.3) is 0 Å². The number of carboxylic acids is 1. The van der Waals surface area contributed by atoms with E-state index >= 15 is 0 Å². The number of aromatic nitrogens is 1. The first kappa shape index (κ1) is 31.5. The molecule has 3 aliphatic heterocycles. The summed E-state index contributed by atoms with van der Waals surface area (Å²) in [6.45, 7) is 4.51. The number of nitrogens with zero attached hydrogens (tertiary/aromatic N) is 3. The number of fused-ring (bicyclic) bond motifs is 1. The highest BCUT2D eigenvalue weighted by molar-refractivity contribution is 8.03. The van der Waals surface area contributed by atoms with Crippen molar-refractivity contribution in [3.63, 3.8) is 0 Å². The molecule has 2 fully saturated rings. The fourth-order valence-electron chi connectivity index (χ4n) is 6.23. The number of aliphatic carboxylic acids is 1. The van der Waals surface area contributed by atoms with Gasteiger partial charge in [-0.3, -0.25) is 14.4 Å². The van der Waals surface area contributed by atoms with E-state index in [9.17, 15) is 39.6 Å². The molecule has 0 radical (unpaired) electrons. The van der Waals surface area contributed by atoms with Crippen LogP contribution in [0.15, 0.2) is 53.3 Å². The molecular weight excluding hydrogens is 588 g/mol. The summed E-state index contributed by atoms with van der Waals surface area (Å²) in [5.41, 5.74) is 1.27. The molecule has 0 saturated carbocycles. The number of aliphatic hydroxyl groups is 1. The van der Waals surface area contributed by atoms with Crippen LogP contribution in [0.3, 0.4) is 0 Å². The number of ketones is 1. The van der Waals surface area contributed by atoms with E-state index in [1.807, 2.05) is 19.1 Å². The van der Waals surface area contributed by atoms with Gasteiger partial charge in [0.05, 0.1) is 24.1 Å². The number of aliphatic hydroxyl groups excluding tert-OH is 1. The van der Waals surface area contributed by atoms with Crippen molar-refractivity contribution >= 4 is 35.3 Å². The smallest absolute Gasteiger partial charge is 0.353 e. The van der Waals surface area contributed by atoms with Gasteiger partial charge < -0.3 is 35.5 Å². The maximum atomic E-state index is 13.2. The van der Waals surface area contributed by atoms with E-state index in [2.05, 4.69) is 5.32 Å². The highest BCUT2D eigenvalue weighted by Crippen LogP contribution is 2.51. The van der Waals surface area contributed by atoms with Crippen LogP contribution in [0.1, 0.15) is 36.2 Å². The second-order valence-corrected chi connectivity index (χ2v) is 13.1. The number of benzene rings is 1. The Labute approximate surface area is 259 Å². The molecule has 6 atom stereocenters. The molecule has 0 aliphatic carbocycles. The Balaban J connectivity index is 1.12. The molecule has 2 aromatic rings. The van der Waals surface area contributed by atoms with Crippen LogP contribution in [0.4, 0.5) is 0 Å². The van der Waals surface area contributed by atoms with Crippen LogP contribution >= 0.6 is 11.8 Å². The van der Waals surface area contributed by atoms with E-state index in [1.54, 1.807) is 35.8 Å². The van der Waals surface area contributed by atoms with E-state index in [0.717, 1.165) is 5.56 Å². The van der Waals surface area contributed by atoms with Gasteiger partial charge in [-0.1, -0.05) is 6.92 Å². The lowest BCUT2D eigenvalue weighted by Gasteiger charge is -2.46. The number of Topliss-reactive ketones (excluding diaryl/α,β-unsaturated/α-hetero) is 1. The summed E-state index contributed by atoms with van der Waals surface area (Å²) in [5.74, 6) is -3.25. The molecule has 5 N–H and O–H groups in total. The van der Waals surface area contributed by atoms with Crippen molar-refractivity contribution in [2.75, 3.05) is 20.1 Å². The summed E-state index contributed by atoms with van der Waals surface area (Å²) in [7, 11) is 1.75. The number of likely N-dealkylation sites (N-methyl/N-ethyl adjacent to an activating group) is 1. The van der Waals surface area contributed by atoms with Crippen LogP contribution in [-0.4, -0.2) is 97.4 Å². The average Bonchev–Trinajstić information content (AvgIpc) is 3.54. The van der Waals surface area contributed by atoms with E-state index in [1.165, 1.54) is 34.9 Å². The third-order valence-electron chi connectivity index (χ3n) is 8.69. The number of nitrogens with one attached hydrogen (secondary N) is 1. The molecule has 2 amide bonds. The molecular formula is C31H37N4O8S+. The number of phenols is 2. The first-order valence-corrected chi connectivity index (χ1v) is 15.4. The van der Waals surface area contributed by atoms with E-state index < -0.39 is 24.0 Å². The zero-order valence-corrected chi connectivity index (χ0v) is 25.5. The average molecular weight is 626 g/mol. The van der Waals surface area contributed by atoms with Gasteiger partial charge in [0.1, 0.15) is 5.70 Å². The number of hydrogen-bond acceptors (Lipinski definition) is 9.